The molecule has 1 aliphatic rings. The maximum absolute atomic E-state index is 6.13. The van der Waals surface area contributed by atoms with Crippen LogP contribution in [-0.4, -0.2) is 21.4 Å². The van der Waals surface area contributed by atoms with E-state index in [2.05, 4.69) is 31.2 Å². The summed E-state index contributed by atoms with van der Waals surface area (Å²) in [5.41, 5.74) is 0. The van der Waals surface area contributed by atoms with Crippen LogP contribution >= 0.6 is 27.5 Å². The van der Waals surface area contributed by atoms with Crippen molar-refractivity contribution in [1.82, 2.24) is 9.97 Å². The smallest absolute Gasteiger partial charge is 0.222 e. The molecule has 2 unspecified atom stereocenters. The Bertz CT molecular complexity index is 303. The van der Waals surface area contributed by atoms with Gasteiger partial charge in [0, 0.05) is 18.4 Å². The molecule has 3 nitrogen and oxygen atoms in total. The highest BCUT2D eigenvalue weighted by molar-refractivity contribution is 9.10. The zero-order valence-electron chi connectivity index (χ0n) is 7.58. The van der Waals surface area contributed by atoms with E-state index < -0.39 is 0 Å². The fourth-order valence-corrected chi connectivity index (χ4v) is 2.18. The number of hydrogen-bond acceptors (Lipinski definition) is 3. The van der Waals surface area contributed by atoms with Crippen LogP contribution in [0.25, 0.3) is 0 Å². The van der Waals surface area contributed by atoms with E-state index in [0.29, 0.717) is 12.0 Å². The average molecular weight is 277 g/mol. The van der Waals surface area contributed by atoms with Crippen LogP contribution in [0.3, 0.4) is 0 Å². The molecule has 5 heteroatoms. The molecule has 76 valence electrons. The molecule has 14 heavy (non-hydrogen) atoms. The van der Waals surface area contributed by atoms with E-state index in [1.165, 1.54) is 6.42 Å². The lowest BCUT2D eigenvalue weighted by molar-refractivity contribution is 0.750. The van der Waals surface area contributed by atoms with Gasteiger partial charge < -0.3 is 5.32 Å². The monoisotopic (exact) mass is 275 g/mol. The van der Waals surface area contributed by atoms with Gasteiger partial charge >= 0.3 is 0 Å². The van der Waals surface area contributed by atoms with Gasteiger partial charge in [0.15, 0.2) is 0 Å². The number of aromatic nitrogens is 2. The molecule has 0 amide bonds. The molecule has 1 aromatic heterocycles. The maximum Gasteiger partial charge on any atom is 0.222 e. The Morgan fingerprint density at radius 2 is 2.07 bits per heavy atom. The number of rotatable bonds is 2. The third-order valence-corrected chi connectivity index (χ3v) is 3.30. The summed E-state index contributed by atoms with van der Waals surface area (Å²) in [6.07, 6.45) is 6.83. The third-order valence-electron chi connectivity index (χ3n) is 2.37. The zero-order chi connectivity index (χ0) is 9.97. The molecule has 0 bridgehead atoms. The lowest BCUT2D eigenvalue weighted by atomic mass is 10.2. The van der Waals surface area contributed by atoms with Gasteiger partial charge in [0.2, 0.25) is 5.95 Å². The molecular formula is C9H11BrClN3. The van der Waals surface area contributed by atoms with Gasteiger partial charge in [-0.05, 0) is 35.2 Å². The molecule has 0 saturated heterocycles. The predicted molar refractivity (Wildman–Crippen MR) is 60.6 cm³/mol. The molecule has 0 aliphatic heterocycles. The first-order chi connectivity index (χ1) is 6.75. The minimum atomic E-state index is 0.210. The van der Waals surface area contributed by atoms with Crippen molar-refractivity contribution in [1.29, 1.82) is 0 Å². The van der Waals surface area contributed by atoms with Gasteiger partial charge in [-0.25, -0.2) is 9.97 Å². The Balaban J connectivity index is 2.00. The summed E-state index contributed by atoms with van der Waals surface area (Å²) in [5.74, 6) is 0.658. The Morgan fingerprint density at radius 3 is 2.64 bits per heavy atom. The number of hydrogen-bond donors (Lipinski definition) is 1. The summed E-state index contributed by atoms with van der Waals surface area (Å²) in [4.78, 5) is 8.30. The van der Waals surface area contributed by atoms with Crippen molar-refractivity contribution in [3.63, 3.8) is 0 Å². The van der Waals surface area contributed by atoms with Crippen molar-refractivity contribution in [3.05, 3.63) is 16.9 Å². The number of nitrogens with zero attached hydrogens (tertiary/aromatic N) is 2. The van der Waals surface area contributed by atoms with Crippen LogP contribution in [0.5, 0.6) is 0 Å². The number of nitrogens with one attached hydrogen (secondary N) is 1. The van der Waals surface area contributed by atoms with Crippen LogP contribution in [-0.2, 0) is 0 Å². The lowest BCUT2D eigenvalue weighted by Gasteiger charge is -2.15. The minimum Gasteiger partial charge on any atom is -0.350 e. The van der Waals surface area contributed by atoms with Gasteiger partial charge in [-0.3, -0.25) is 0 Å². The summed E-state index contributed by atoms with van der Waals surface area (Å²) >= 11 is 9.42. The quantitative estimate of drug-likeness (QED) is 0.844. The Morgan fingerprint density at radius 1 is 1.36 bits per heavy atom. The zero-order valence-corrected chi connectivity index (χ0v) is 9.92. The van der Waals surface area contributed by atoms with Crippen LogP contribution in [0.1, 0.15) is 19.3 Å². The van der Waals surface area contributed by atoms with E-state index in [-0.39, 0.29) is 5.38 Å². The van der Waals surface area contributed by atoms with E-state index in [1.54, 1.807) is 12.4 Å². The summed E-state index contributed by atoms with van der Waals surface area (Å²) < 4.78 is 0.886. The molecule has 1 heterocycles. The Hall–Kier alpha value is -0.350. The highest BCUT2D eigenvalue weighted by atomic mass is 79.9. The number of anilines is 1. The van der Waals surface area contributed by atoms with Gasteiger partial charge in [0.05, 0.1) is 9.85 Å². The molecule has 1 saturated carbocycles. The van der Waals surface area contributed by atoms with Crippen LogP contribution in [0, 0.1) is 0 Å². The van der Waals surface area contributed by atoms with E-state index >= 15 is 0 Å². The van der Waals surface area contributed by atoms with Gasteiger partial charge in [0.25, 0.3) is 0 Å². The van der Waals surface area contributed by atoms with Crippen LogP contribution < -0.4 is 5.32 Å². The molecule has 0 radical (unpaired) electrons. The normalized spacial score (nSPS) is 26.4. The molecular weight excluding hydrogens is 265 g/mol. The first-order valence-corrected chi connectivity index (χ1v) is 5.87. The lowest BCUT2D eigenvalue weighted by Crippen LogP contribution is -2.25. The van der Waals surface area contributed by atoms with Crippen molar-refractivity contribution < 1.29 is 0 Å². The second-order valence-electron chi connectivity index (χ2n) is 3.42. The molecule has 1 fully saturated rings. The van der Waals surface area contributed by atoms with Crippen molar-refractivity contribution in [2.45, 2.75) is 30.7 Å². The fourth-order valence-electron chi connectivity index (χ4n) is 1.63. The van der Waals surface area contributed by atoms with E-state index in [4.69, 9.17) is 11.6 Å². The van der Waals surface area contributed by atoms with Crippen molar-refractivity contribution in [2.24, 2.45) is 0 Å². The highest BCUT2D eigenvalue weighted by Crippen LogP contribution is 2.26. The maximum atomic E-state index is 6.13. The summed E-state index contributed by atoms with van der Waals surface area (Å²) in [5, 5.41) is 3.45. The number of halogens is 2. The second-order valence-corrected chi connectivity index (χ2v) is 4.90. The van der Waals surface area contributed by atoms with Crippen molar-refractivity contribution in [3.8, 4) is 0 Å². The number of alkyl halides is 1. The van der Waals surface area contributed by atoms with E-state index in [9.17, 15) is 0 Å². The van der Waals surface area contributed by atoms with Gasteiger partial charge in [-0.2, -0.15) is 0 Å². The first kappa shape index (κ1) is 10.2. The van der Waals surface area contributed by atoms with Crippen LogP contribution in [0.4, 0.5) is 5.95 Å². The standard InChI is InChI=1S/C9H11BrClN3/c10-6-4-12-9(13-5-6)14-8-3-1-2-7(8)11/h4-5,7-8H,1-3H2,(H,12,13,14). The first-order valence-electron chi connectivity index (χ1n) is 4.64. The fraction of sp³-hybridized carbons (Fsp3) is 0.556. The second kappa shape index (κ2) is 4.45. The van der Waals surface area contributed by atoms with Gasteiger partial charge in [0.1, 0.15) is 0 Å². The predicted octanol–water partition coefficient (Wildman–Crippen LogP) is 2.81. The SMILES string of the molecule is ClC1CCCC1Nc1ncc(Br)cn1. The van der Waals surface area contributed by atoms with Gasteiger partial charge in [-0.1, -0.05) is 0 Å². The Labute approximate surface area is 96.4 Å². The largest absolute Gasteiger partial charge is 0.350 e. The van der Waals surface area contributed by atoms with Crippen molar-refractivity contribution in [2.75, 3.05) is 5.32 Å². The Kier molecular flexibility index (Phi) is 3.23. The molecule has 0 aromatic carbocycles. The molecule has 1 N–H and O–H groups in total. The third kappa shape index (κ3) is 2.36. The molecule has 1 aliphatic carbocycles. The van der Waals surface area contributed by atoms with E-state index in [0.717, 1.165) is 17.3 Å². The molecule has 2 rings (SSSR count). The summed E-state index contributed by atoms with van der Waals surface area (Å²) in [6.45, 7) is 0. The summed E-state index contributed by atoms with van der Waals surface area (Å²) in [6, 6.07) is 0.317. The van der Waals surface area contributed by atoms with Crippen LogP contribution in [0.2, 0.25) is 0 Å². The van der Waals surface area contributed by atoms with Crippen molar-refractivity contribution >= 4 is 33.5 Å². The molecule has 0 spiro atoms. The molecule has 1 aromatic rings. The minimum absolute atomic E-state index is 0.210. The highest BCUT2D eigenvalue weighted by Gasteiger charge is 2.25. The average Bonchev–Trinajstić information content (AvgIpc) is 2.56. The topological polar surface area (TPSA) is 37.8 Å². The van der Waals surface area contributed by atoms with E-state index in [1.807, 2.05) is 0 Å². The van der Waals surface area contributed by atoms with Crippen LogP contribution in [0.15, 0.2) is 16.9 Å². The molecule has 2 atom stereocenters. The van der Waals surface area contributed by atoms with Gasteiger partial charge in [-0.15, -0.1) is 11.6 Å². The summed E-state index contributed by atoms with van der Waals surface area (Å²) in [7, 11) is 0.